The van der Waals surface area contributed by atoms with Crippen molar-refractivity contribution in [3.8, 4) is 6.07 Å². The highest BCUT2D eigenvalue weighted by atomic mass is 15.2. The second-order valence-electron chi connectivity index (χ2n) is 6.02. The zero-order valence-corrected chi connectivity index (χ0v) is 11.2. The topological polar surface area (TPSA) is 27.0 Å². The fourth-order valence-electron chi connectivity index (χ4n) is 3.80. The van der Waals surface area contributed by atoms with Crippen LogP contribution in [0.4, 0.5) is 0 Å². The highest BCUT2D eigenvalue weighted by molar-refractivity contribution is 4.91. The quantitative estimate of drug-likeness (QED) is 0.744. The van der Waals surface area contributed by atoms with E-state index in [-0.39, 0.29) is 0 Å². The van der Waals surface area contributed by atoms with Gasteiger partial charge in [-0.05, 0) is 50.6 Å². The summed E-state index contributed by atoms with van der Waals surface area (Å²) in [4.78, 5) is 2.57. The molecule has 2 heteroatoms. The minimum atomic E-state index is 0.515. The summed E-state index contributed by atoms with van der Waals surface area (Å²) in [6.07, 6.45) is 11.9. The van der Waals surface area contributed by atoms with Gasteiger partial charge in [0.25, 0.3) is 0 Å². The summed E-state index contributed by atoms with van der Waals surface area (Å²) in [7, 11) is 0. The van der Waals surface area contributed by atoms with Crippen molar-refractivity contribution in [3.05, 3.63) is 0 Å². The zero-order valence-electron chi connectivity index (χ0n) is 11.2. The van der Waals surface area contributed by atoms with Gasteiger partial charge in [0.15, 0.2) is 0 Å². The van der Waals surface area contributed by atoms with Gasteiger partial charge in [-0.3, -0.25) is 4.90 Å². The minimum absolute atomic E-state index is 0.515. The second kappa shape index (κ2) is 5.87. The number of piperidine rings is 1. The molecule has 1 spiro atoms. The molecule has 1 aliphatic heterocycles. The summed E-state index contributed by atoms with van der Waals surface area (Å²) in [6, 6.07) is 2.86. The normalized spacial score (nSPS) is 26.6. The van der Waals surface area contributed by atoms with Gasteiger partial charge in [0.2, 0.25) is 0 Å². The molecular weight excluding hydrogens is 208 g/mol. The largest absolute Gasteiger partial charge is 0.299 e. The zero-order chi connectivity index (χ0) is 12.1. The van der Waals surface area contributed by atoms with E-state index in [0.29, 0.717) is 17.9 Å². The molecule has 1 aliphatic carbocycles. The molecule has 0 bridgehead atoms. The molecule has 0 amide bonds. The van der Waals surface area contributed by atoms with E-state index in [1.165, 1.54) is 58.0 Å². The molecule has 2 nitrogen and oxygen atoms in total. The van der Waals surface area contributed by atoms with Gasteiger partial charge < -0.3 is 0 Å². The molecule has 17 heavy (non-hydrogen) atoms. The number of likely N-dealkylation sites (tertiary alicyclic amines) is 1. The molecule has 0 aromatic heterocycles. The second-order valence-corrected chi connectivity index (χ2v) is 6.02. The lowest BCUT2D eigenvalue weighted by atomic mass is 9.68. The van der Waals surface area contributed by atoms with Crippen molar-refractivity contribution in [2.75, 3.05) is 13.1 Å². The third-order valence-electron chi connectivity index (χ3n) is 5.09. The van der Waals surface area contributed by atoms with Crippen LogP contribution in [0, 0.1) is 16.7 Å². The van der Waals surface area contributed by atoms with Crippen LogP contribution in [0.15, 0.2) is 0 Å². The molecule has 2 fully saturated rings. The van der Waals surface area contributed by atoms with Crippen LogP contribution in [-0.2, 0) is 0 Å². The molecule has 2 aliphatic rings. The minimum Gasteiger partial charge on any atom is -0.299 e. The van der Waals surface area contributed by atoms with E-state index in [4.69, 9.17) is 5.26 Å². The first-order valence-electron chi connectivity index (χ1n) is 7.41. The van der Waals surface area contributed by atoms with Crippen LogP contribution in [0.25, 0.3) is 0 Å². The average molecular weight is 234 g/mol. The van der Waals surface area contributed by atoms with Crippen LogP contribution in [-0.4, -0.2) is 24.0 Å². The van der Waals surface area contributed by atoms with Gasteiger partial charge in [-0.2, -0.15) is 5.26 Å². The van der Waals surface area contributed by atoms with Gasteiger partial charge in [-0.15, -0.1) is 0 Å². The van der Waals surface area contributed by atoms with Gasteiger partial charge in [0.1, 0.15) is 0 Å². The molecule has 1 saturated heterocycles. The molecule has 0 radical (unpaired) electrons. The van der Waals surface area contributed by atoms with Crippen molar-refractivity contribution in [3.63, 3.8) is 0 Å². The number of nitriles is 1. The van der Waals surface area contributed by atoms with Crippen molar-refractivity contribution in [1.29, 1.82) is 5.26 Å². The Kier molecular flexibility index (Phi) is 4.45. The SMILES string of the molecule is CCC(CC#N)N1CCC2(CCCCC2)CC1. The molecule has 1 unspecified atom stereocenters. The molecule has 2 rings (SSSR count). The predicted molar refractivity (Wildman–Crippen MR) is 70.6 cm³/mol. The smallest absolute Gasteiger partial charge is 0.0638 e. The van der Waals surface area contributed by atoms with Crippen LogP contribution in [0.2, 0.25) is 0 Å². The van der Waals surface area contributed by atoms with Gasteiger partial charge in [-0.25, -0.2) is 0 Å². The van der Waals surface area contributed by atoms with E-state index in [1.54, 1.807) is 0 Å². The lowest BCUT2D eigenvalue weighted by Gasteiger charge is -2.46. The van der Waals surface area contributed by atoms with Crippen LogP contribution in [0.3, 0.4) is 0 Å². The van der Waals surface area contributed by atoms with E-state index >= 15 is 0 Å². The predicted octanol–water partition coefficient (Wildman–Crippen LogP) is 3.72. The summed E-state index contributed by atoms with van der Waals surface area (Å²) in [5.74, 6) is 0. The third-order valence-corrected chi connectivity index (χ3v) is 5.09. The Morgan fingerprint density at radius 3 is 2.29 bits per heavy atom. The maximum Gasteiger partial charge on any atom is 0.0638 e. The lowest BCUT2D eigenvalue weighted by molar-refractivity contribution is 0.0449. The van der Waals surface area contributed by atoms with Crippen LogP contribution >= 0.6 is 0 Å². The molecule has 0 aromatic rings. The van der Waals surface area contributed by atoms with E-state index in [9.17, 15) is 0 Å². The lowest BCUT2D eigenvalue weighted by Crippen LogP contribution is -2.45. The maximum absolute atomic E-state index is 8.86. The van der Waals surface area contributed by atoms with Crippen LogP contribution < -0.4 is 0 Å². The van der Waals surface area contributed by atoms with Gasteiger partial charge in [-0.1, -0.05) is 26.2 Å². The maximum atomic E-state index is 8.86. The summed E-state index contributed by atoms with van der Waals surface area (Å²) >= 11 is 0. The Morgan fingerprint density at radius 2 is 1.76 bits per heavy atom. The number of hydrogen-bond donors (Lipinski definition) is 0. The first kappa shape index (κ1) is 12.9. The molecule has 1 heterocycles. The summed E-state index contributed by atoms with van der Waals surface area (Å²) < 4.78 is 0. The van der Waals surface area contributed by atoms with Crippen molar-refractivity contribution in [2.45, 2.75) is 70.8 Å². The third kappa shape index (κ3) is 3.01. The first-order valence-corrected chi connectivity index (χ1v) is 7.41. The highest BCUT2D eigenvalue weighted by Gasteiger charge is 2.36. The molecular formula is C15H26N2. The monoisotopic (exact) mass is 234 g/mol. The summed E-state index contributed by atoms with van der Waals surface area (Å²) in [6.45, 7) is 4.69. The van der Waals surface area contributed by atoms with Crippen LogP contribution in [0.5, 0.6) is 0 Å². The van der Waals surface area contributed by atoms with Gasteiger partial charge in [0.05, 0.1) is 12.5 Å². The van der Waals surface area contributed by atoms with E-state index < -0.39 is 0 Å². The van der Waals surface area contributed by atoms with Crippen LogP contribution in [0.1, 0.15) is 64.7 Å². The van der Waals surface area contributed by atoms with Crippen molar-refractivity contribution in [1.82, 2.24) is 4.90 Å². The van der Waals surface area contributed by atoms with E-state index in [1.807, 2.05) is 0 Å². The van der Waals surface area contributed by atoms with Crippen molar-refractivity contribution in [2.24, 2.45) is 5.41 Å². The molecule has 0 N–H and O–H groups in total. The van der Waals surface area contributed by atoms with E-state index in [0.717, 1.165) is 6.42 Å². The Hall–Kier alpha value is -0.550. The number of nitrogens with zero attached hydrogens (tertiary/aromatic N) is 2. The fourth-order valence-corrected chi connectivity index (χ4v) is 3.80. The summed E-state index contributed by atoms with van der Waals surface area (Å²) in [5.41, 5.74) is 0.694. The van der Waals surface area contributed by atoms with Gasteiger partial charge >= 0.3 is 0 Å². The first-order chi connectivity index (χ1) is 8.29. The number of rotatable bonds is 3. The Labute approximate surface area is 106 Å². The summed E-state index contributed by atoms with van der Waals surface area (Å²) in [5, 5.41) is 8.86. The Balaban J connectivity index is 1.86. The van der Waals surface area contributed by atoms with E-state index in [2.05, 4.69) is 17.9 Å². The highest BCUT2D eigenvalue weighted by Crippen LogP contribution is 2.44. The fraction of sp³-hybridized carbons (Fsp3) is 0.933. The van der Waals surface area contributed by atoms with Crippen molar-refractivity contribution >= 4 is 0 Å². The average Bonchev–Trinajstić information content (AvgIpc) is 2.38. The standard InChI is InChI=1S/C15H26N2/c1-2-14(6-11-16)17-12-9-15(10-13-17)7-4-3-5-8-15/h14H,2-10,12-13H2,1H3. The molecule has 0 aromatic carbocycles. The molecule has 1 saturated carbocycles. The van der Waals surface area contributed by atoms with Crippen molar-refractivity contribution < 1.29 is 0 Å². The Morgan fingerprint density at radius 1 is 1.12 bits per heavy atom. The Bertz CT molecular complexity index is 263. The molecule has 96 valence electrons. The van der Waals surface area contributed by atoms with Gasteiger partial charge in [0, 0.05) is 6.04 Å². The molecule has 1 atom stereocenters. The number of hydrogen-bond acceptors (Lipinski definition) is 2.